The average molecular weight is 202 g/mol. The van der Waals surface area contributed by atoms with Crippen LogP contribution < -0.4 is 0 Å². The summed E-state index contributed by atoms with van der Waals surface area (Å²) < 4.78 is 5.44. The Labute approximate surface area is 88.5 Å². The third-order valence-corrected chi connectivity index (χ3v) is 3.19. The zero-order valence-electron chi connectivity index (χ0n) is 8.79. The number of hydrogen-bond acceptors (Lipinski definition) is 2. The third kappa shape index (κ3) is 1.55. The van der Waals surface area contributed by atoms with Gasteiger partial charge in [0.15, 0.2) is 0 Å². The molecule has 0 aliphatic heterocycles. The first-order valence-corrected chi connectivity index (χ1v) is 5.35. The van der Waals surface area contributed by atoms with Crippen molar-refractivity contribution in [2.75, 3.05) is 0 Å². The first kappa shape index (κ1) is 8.98. The summed E-state index contributed by atoms with van der Waals surface area (Å²) in [5.74, 6) is 0. The van der Waals surface area contributed by atoms with Crippen molar-refractivity contribution in [1.82, 2.24) is 0 Å². The van der Waals surface area contributed by atoms with E-state index in [0.29, 0.717) is 0 Å². The average Bonchev–Trinajstić information content (AvgIpc) is 2.81. The smallest absolute Gasteiger partial charge is 0.134 e. The molecule has 1 heterocycles. The third-order valence-electron chi connectivity index (χ3n) is 3.19. The zero-order valence-corrected chi connectivity index (χ0v) is 8.79. The predicted octanol–water partition coefficient (Wildman–Crippen LogP) is 2.81. The van der Waals surface area contributed by atoms with E-state index in [0.717, 1.165) is 30.4 Å². The van der Waals surface area contributed by atoms with Gasteiger partial charge in [-0.2, -0.15) is 0 Å². The van der Waals surface area contributed by atoms with Crippen molar-refractivity contribution in [3.05, 3.63) is 35.6 Å². The molecule has 15 heavy (non-hydrogen) atoms. The first-order chi connectivity index (χ1) is 7.16. The summed E-state index contributed by atoms with van der Waals surface area (Å²) in [4.78, 5) is 0. The van der Waals surface area contributed by atoms with Crippen molar-refractivity contribution >= 4 is 11.0 Å². The molecular formula is C13H14O2. The van der Waals surface area contributed by atoms with E-state index in [1.54, 1.807) is 6.26 Å². The van der Waals surface area contributed by atoms with Gasteiger partial charge in [-0.15, -0.1) is 0 Å². The lowest BCUT2D eigenvalue weighted by Gasteiger charge is -2.06. The van der Waals surface area contributed by atoms with E-state index in [2.05, 4.69) is 12.1 Å². The summed E-state index contributed by atoms with van der Waals surface area (Å²) in [6.07, 6.45) is 4.40. The van der Waals surface area contributed by atoms with Crippen LogP contribution in [0.5, 0.6) is 0 Å². The van der Waals surface area contributed by atoms with Crippen LogP contribution in [0, 0.1) is 6.92 Å². The van der Waals surface area contributed by atoms with Crippen molar-refractivity contribution in [3.63, 3.8) is 0 Å². The van der Waals surface area contributed by atoms with Crippen LogP contribution in [0.2, 0.25) is 0 Å². The van der Waals surface area contributed by atoms with Crippen molar-refractivity contribution in [1.29, 1.82) is 0 Å². The number of furan rings is 1. The fraction of sp³-hybridized carbons (Fsp3) is 0.385. The highest BCUT2D eigenvalue weighted by Crippen LogP contribution is 2.38. The Bertz CT molecular complexity index is 506. The van der Waals surface area contributed by atoms with Crippen LogP contribution in [0.4, 0.5) is 0 Å². The molecule has 0 spiro atoms. The van der Waals surface area contributed by atoms with Crippen LogP contribution in [-0.2, 0) is 6.42 Å². The second-order valence-electron chi connectivity index (χ2n) is 4.65. The van der Waals surface area contributed by atoms with Crippen molar-refractivity contribution < 1.29 is 9.52 Å². The molecule has 1 aliphatic rings. The number of aliphatic hydroxyl groups is 1. The highest BCUT2D eigenvalue weighted by molar-refractivity contribution is 5.81. The van der Waals surface area contributed by atoms with Crippen LogP contribution in [0.3, 0.4) is 0 Å². The maximum Gasteiger partial charge on any atom is 0.134 e. The second kappa shape index (κ2) is 2.86. The lowest BCUT2D eigenvalue weighted by Crippen LogP contribution is -2.10. The highest BCUT2D eigenvalue weighted by atomic mass is 16.3. The Kier molecular flexibility index (Phi) is 1.71. The quantitative estimate of drug-likeness (QED) is 0.812. The lowest BCUT2D eigenvalue weighted by atomic mass is 10.0. The maximum atomic E-state index is 9.83. The summed E-state index contributed by atoms with van der Waals surface area (Å²) in [6.45, 7) is 2.04. The number of aryl methyl sites for hydroxylation is 1. The van der Waals surface area contributed by atoms with Crippen LogP contribution in [-0.4, -0.2) is 10.7 Å². The van der Waals surface area contributed by atoms with Crippen molar-refractivity contribution in [3.8, 4) is 0 Å². The molecule has 2 aromatic rings. The van der Waals surface area contributed by atoms with Gasteiger partial charge in [0, 0.05) is 11.8 Å². The molecule has 1 fully saturated rings. The van der Waals surface area contributed by atoms with Gasteiger partial charge in [-0.05, 0) is 37.0 Å². The van der Waals surface area contributed by atoms with Gasteiger partial charge in [-0.3, -0.25) is 0 Å². The number of fused-ring (bicyclic) bond motifs is 1. The number of rotatable bonds is 2. The van der Waals surface area contributed by atoms with E-state index in [-0.39, 0.29) is 0 Å². The van der Waals surface area contributed by atoms with E-state index >= 15 is 0 Å². The van der Waals surface area contributed by atoms with Gasteiger partial charge < -0.3 is 9.52 Å². The normalized spacial score (nSPS) is 18.3. The Morgan fingerprint density at radius 3 is 2.93 bits per heavy atom. The molecule has 2 heteroatoms. The summed E-state index contributed by atoms with van der Waals surface area (Å²) >= 11 is 0. The minimum Gasteiger partial charge on any atom is -0.464 e. The predicted molar refractivity (Wildman–Crippen MR) is 58.8 cm³/mol. The first-order valence-electron chi connectivity index (χ1n) is 5.35. The molecule has 0 bridgehead atoms. The Morgan fingerprint density at radius 1 is 1.40 bits per heavy atom. The number of benzene rings is 1. The minimum absolute atomic E-state index is 0.421. The van der Waals surface area contributed by atoms with Crippen molar-refractivity contribution in [2.45, 2.75) is 31.8 Å². The second-order valence-corrected chi connectivity index (χ2v) is 4.65. The number of hydrogen-bond donors (Lipinski definition) is 1. The molecule has 0 amide bonds. The van der Waals surface area contributed by atoms with Crippen LogP contribution in [0.15, 0.2) is 28.9 Å². The standard InChI is InChI=1S/C13H14O2/c1-9-8-15-12-6-10(2-3-11(9)12)7-13(14)4-5-13/h2-3,6,8,14H,4-5,7H2,1H3. The van der Waals surface area contributed by atoms with Gasteiger partial charge in [-0.25, -0.2) is 0 Å². The fourth-order valence-corrected chi connectivity index (χ4v) is 2.02. The summed E-state index contributed by atoms with van der Waals surface area (Å²) in [7, 11) is 0. The van der Waals surface area contributed by atoms with Gasteiger partial charge in [0.1, 0.15) is 5.58 Å². The molecule has 1 N–H and O–H groups in total. The molecule has 3 rings (SSSR count). The lowest BCUT2D eigenvalue weighted by molar-refractivity contribution is 0.151. The largest absolute Gasteiger partial charge is 0.464 e. The van der Waals surface area contributed by atoms with Crippen LogP contribution in [0.1, 0.15) is 24.0 Å². The molecule has 1 aromatic heterocycles. The highest BCUT2D eigenvalue weighted by Gasteiger charge is 2.40. The van der Waals surface area contributed by atoms with E-state index in [9.17, 15) is 5.11 Å². The van der Waals surface area contributed by atoms with E-state index in [1.807, 2.05) is 13.0 Å². The molecule has 0 radical (unpaired) electrons. The molecule has 1 aromatic carbocycles. The molecule has 1 aliphatic carbocycles. The molecule has 1 saturated carbocycles. The molecule has 0 unspecified atom stereocenters. The monoisotopic (exact) mass is 202 g/mol. The Hall–Kier alpha value is -1.28. The van der Waals surface area contributed by atoms with Gasteiger partial charge in [-0.1, -0.05) is 12.1 Å². The van der Waals surface area contributed by atoms with Gasteiger partial charge >= 0.3 is 0 Å². The topological polar surface area (TPSA) is 33.4 Å². The van der Waals surface area contributed by atoms with Crippen LogP contribution >= 0.6 is 0 Å². The van der Waals surface area contributed by atoms with Crippen molar-refractivity contribution in [2.24, 2.45) is 0 Å². The Balaban J connectivity index is 1.99. The summed E-state index contributed by atoms with van der Waals surface area (Å²) in [6, 6.07) is 6.20. The van der Waals surface area contributed by atoms with E-state index in [4.69, 9.17) is 4.42 Å². The van der Waals surface area contributed by atoms with E-state index in [1.165, 1.54) is 10.9 Å². The summed E-state index contributed by atoms with van der Waals surface area (Å²) in [5, 5.41) is 11.0. The van der Waals surface area contributed by atoms with Gasteiger partial charge in [0.05, 0.1) is 11.9 Å². The molecule has 0 atom stereocenters. The van der Waals surface area contributed by atoms with E-state index < -0.39 is 5.60 Å². The molecule has 2 nitrogen and oxygen atoms in total. The molecule has 0 saturated heterocycles. The maximum absolute atomic E-state index is 9.83. The zero-order chi connectivity index (χ0) is 10.5. The summed E-state index contributed by atoms with van der Waals surface area (Å²) in [5.41, 5.74) is 2.84. The van der Waals surface area contributed by atoms with Gasteiger partial charge in [0.2, 0.25) is 0 Å². The SMILES string of the molecule is Cc1coc2cc(CC3(O)CC3)ccc12. The Morgan fingerprint density at radius 2 is 2.20 bits per heavy atom. The molecular weight excluding hydrogens is 188 g/mol. The van der Waals surface area contributed by atoms with Crippen LogP contribution in [0.25, 0.3) is 11.0 Å². The fourth-order valence-electron chi connectivity index (χ4n) is 2.02. The molecule has 78 valence electrons. The van der Waals surface area contributed by atoms with Gasteiger partial charge in [0.25, 0.3) is 0 Å². The minimum atomic E-state index is -0.421.